The number of benzene rings is 1. The lowest BCUT2D eigenvalue weighted by Crippen LogP contribution is -2.33. The van der Waals surface area contributed by atoms with Gasteiger partial charge in [-0.05, 0) is 6.07 Å². The van der Waals surface area contributed by atoms with Gasteiger partial charge in [0.2, 0.25) is 5.91 Å². The molecule has 1 amide bonds. The van der Waals surface area contributed by atoms with Gasteiger partial charge < -0.3 is 10.1 Å². The van der Waals surface area contributed by atoms with Crippen molar-refractivity contribution in [3.05, 3.63) is 52.3 Å². The summed E-state index contributed by atoms with van der Waals surface area (Å²) in [6, 6.07) is 5.53. The monoisotopic (exact) mass is 347 g/mol. The number of imidazole rings is 1. The van der Waals surface area contributed by atoms with Crippen LogP contribution in [0.4, 0.5) is 0 Å². The number of para-hydroxylation sites is 1. The second kappa shape index (κ2) is 5.86. The summed E-state index contributed by atoms with van der Waals surface area (Å²) in [5, 5.41) is 5.61. The number of hydrogen-bond acceptors (Lipinski definition) is 4. The van der Waals surface area contributed by atoms with Crippen molar-refractivity contribution in [1.29, 1.82) is 0 Å². The van der Waals surface area contributed by atoms with E-state index in [9.17, 15) is 4.79 Å². The third-order valence-electron chi connectivity index (χ3n) is 3.85. The Morgan fingerprint density at radius 1 is 1.52 bits per heavy atom. The van der Waals surface area contributed by atoms with E-state index in [1.54, 1.807) is 17.4 Å². The second-order valence-corrected chi connectivity index (χ2v) is 6.70. The van der Waals surface area contributed by atoms with Crippen LogP contribution in [-0.2, 0) is 11.2 Å². The van der Waals surface area contributed by atoms with E-state index in [0.717, 1.165) is 22.6 Å². The van der Waals surface area contributed by atoms with Crippen LogP contribution in [0.15, 0.2) is 36.0 Å². The van der Waals surface area contributed by atoms with Gasteiger partial charge in [0.05, 0.1) is 29.8 Å². The maximum absolute atomic E-state index is 12.3. The molecule has 5 nitrogen and oxygen atoms in total. The van der Waals surface area contributed by atoms with Gasteiger partial charge in [0.15, 0.2) is 4.96 Å². The molecule has 1 aliphatic heterocycles. The highest BCUT2D eigenvalue weighted by Gasteiger charge is 2.24. The fourth-order valence-electron chi connectivity index (χ4n) is 2.81. The number of rotatable bonds is 3. The molecule has 4 rings (SSSR count). The highest BCUT2D eigenvalue weighted by molar-refractivity contribution is 7.15. The SMILES string of the molecule is O=C(Cc1cn2ccsc2n1)NC1CCOc2c(Cl)cccc21. The topological polar surface area (TPSA) is 55.6 Å². The maximum atomic E-state index is 12.3. The molecule has 0 fully saturated rings. The Morgan fingerprint density at radius 2 is 2.43 bits per heavy atom. The predicted octanol–water partition coefficient (Wildman–Crippen LogP) is 3.23. The molecule has 0 saturated heterocycles. The van der Waals surface area contributed by atoms with Crippen LogP contribution in [0.25, 0.3) is 4.96 Å². The molecule has 1 unspecified atom stereocenters. The van der Waals surface area contributed by atoms with Crippen molar-refractivity contribution in [2.75, 3.05) is 6.61 Å². The third kappa shape index (κ3) is 2.80. The number of carbonyl (C=O) groups is 1. The van der Waals surface area contributed by atoms with Crippen molar-refractivity contribution in [1.82, 2.24) is 14.7 Å². The van der Waals surface area contributed by atoms with Crippen LogP contribution < -0.4 is 10.1 Å². The van der Waals surface area contributed by atoms with E-state index >= 15 is 0 Å². The summed E-state index contributed by atoms with van der Waals surface area (Å²) in [5.41, 5.74) is 1.70. The highest BCUT2D eigenvalue weighted by atomic mass is 35.5. The van der Waals surface area contributed by atoms with Crippen LogP contribution in [0.3, 0.4) is 0 Å². The smallest absolute Gasteiger partial charge is 0.226 e. The van der Waals surface area contributed by atoms with Crippen LogP contribution in [0, 0.1) is 0 Å². The van der Waals surface area contributed by atoms with Gasteiger partial charge in [0.25, 0.3) is 0 Å². The number of thiazole rings is 1. The molecular weight excluding hydrogens is 334 g/mol. The van der Waals surface area contributed by atoms with Crippen LogP contribution >= 0.6 is 22.9 Å². The van der Waals surface area contributed by atoms with E-state index in [4.69, 9.17) is 16.3 Å². The van der Waals surface area contributed by atoms with Crippen molar-refractivity contribution in [2.24, 2.45) is 0 Å². The lowest BCUT2D eigenvalue weighted by molar-refractivity contribution is -0.121. The standard InChI is InChI=1S/C16H14ClN3O2S/c17-12-3-1-2-11-13(4-6-22-15(11)12)19-14(21)8-10-9-20-5-7-23-16(20)18-10/h1-3,5,7,9,13H,4,6,8H2,(H,19,21). The molecule has 118 valence electrons. The molecule has 0 bridgehead atoms. The summed E-state index contributed by atoms with van der Waals surface area (Å²) in [7, 11) is 0. The largest absolute Gasteiger partial charge is 0.492 e. The second-order valence-electron chi connectivity index (χ2n) is 5.42. The summed E-state index contributed by atoms with van der Waals surface area (Å²) in [6.45, 7) is 0.544. The van der Waals surface area contributed by atoms with Crippen LogP contribution in [-0.4, -0.2) is 21.9 Å². The van der Waals surface area contributed by atoms with Crippen molar-refractivity contribution >= 4 is 33.8 Å². The first-order valence-electron chi connectivity index (χ1n) is 7.32. The van der Waals surface area contributed by atoms with Crippen LogP contribution in [0.5, 0.6) is 5.75 Å². The maximum Gasteiger partial charge on any atom is 0.226 e. The van der Waals surface area contributed by atoms with Gasteiger partial charge in [-0.25, -0.2) is 4.98 Å². The van der Waals surface area contributed by atoms with Gasteiger partial charge >= 0.3 is 0 Å². The zero-order chi connectivity index (χ0) is 15.8. The Hall–Kier alpha value is -2.05. The van der Waals surface area contributed by atoms with Crippen molar-refractivity contribution in [2.45, 2.75) is 18.9 Å². The molecular formula is C16H14ClN3O2S. The molecule has 0 radical (unpaired) electrons. The summed E-state index contributed by atoms with van der Waals surface area (Å²) in [4.78, 5) is 17.7. The normalized spacial score (nSPS) is 16.8. The quantitative estimate of drug-likeness (QED) is 0.791. The molecule has 0 spiro atoms. The van der Waals surface area contributed by atoms with E-state index in [1.165, 1.54) is 0 Å². The van der Waals surface area contributed by atoms with Crippen LogP contribution in [0.2, 0.25) is 5.02 Å². The molecule has 2 aromatic heterocycles. The number of carbonyl (C=O) groups excluding carboxylic acids is 1. The molecule has 7 heteroatoms. The summed E-state index contributed by atoms with van der Waals surface area (Å²) >= 11 is 7.71. The first-order chi connectivity index (χ1) is 11.2. The first kappa shape index (κ1) is 14.5. The zero-order valence-corrected chi connectivity index (χ0v) is 13.7. The van der Waals surface area contributed by atoms with E-state index < -0.39 is 0 Å². The minimum atomic E-state index is -0.0753. The van der Waals surface area contributed by atoms with Gasteiger partial charge in [-0.15, -0.1) is 11.3 Å². The van der Waals surface area contributed by atoms with Gasteiger partial charge in [0.1, 0.15) is 5.75 Å². The van der Waals surface area contributed by atoms with E-state index in [2.05, 4.69) is 10.3 Å². The van der Waals surface area contributed by atoms with Gasteiger partial charge in [-0.2, -0.15) is 0 Å². The Morgan fingerprint density at radius 3 is 3.30 bits per heavy atom. The number of nitrogens with zero attached hydrogens (tertiary/aromatic N) is 2. The number of halogens is 1. The Balaban J connectivity index is 1.49. The number of amides is 1. The van der Waals surface area contributed by atoms with Crippen LogP contribution in [0.1, 0.15) is 23.7 Å². The van der Waals surface area contributed by atoms with E-state index in [1.807, 2.05) is 34.3 Å². The summed E-state index contributed by atoms with van der Waals surface area (Å²) in [6.07, 6.45) is 4.82. The Labute approximate surface area is 141 Å². The fourth-order valence-corrected chi connectivity index (χ4v) is 3.76. The Bertz CT molecular complexity index is 845. The number of aromatic nitrogens is 2. The lowest BCUT2D eigenvalue weighted by atomic mass is 10.0. The lowest BCUT2D eigenvalue weighted by Gasteiger charge is -2.27. The molecule has 1 aliphatic rings. The summed E-state index contributed by atoms with van der Waals surface area (Å²) in [5.74, 6) is 0.627. The minimum Gasteiger partial charge on any atom is -0.492 e. The third-order valence-corrected chi connectivity index (χ3v) is 4.91. The number of ether oxygens (including phenoxy) is 1. The first-order valence-corrected chi connectivity index (χ1v) is 8.58. The average molecular weight is 348 g/mol. The molecule has 1 aromatic carbocycles. The van der Waals surface area contributed by atoms with Crippen molar-refractivity contribution in [3.63, 3.8) is 0 Å². The Kier molecular flexibility index (Phi) is 3.71. The van der Waals surface area contributed by atoms with Crippen molar-refractivity contribution < 1.29 is 9.53 Å². The molecule has 23 heavy (non-hydrogen) atoms. The number of nitrogens with one attached hydrogen (secondary N) is 1. The molecule has 0 aliphatic carbocycles. The van der Waals surface area contributed by atoms with E-state index in [-0.39, 0.29) is 18.4 Å². The molecule has 0 saturated carbocycles. The number of fused-ring (bicyclic) bond motifs is 2. The average Bonchev–Trinajstić information content (AvgIpc) is 3.09. The minimum absolute atomic E-state index is 0.0476. The fraction of sp³-hybridized carbons (Fsp3) is 0.250. The molecule has 1 N–H and O–H groups in total. The molecule has 3 heterocycles. The predicted molar refractivity (Wildman–Crippen MR) is 89.2 cm³/mol. The highest BCUT2D eigenvalue weighted by Crippen LogP contribution is 2.37. The van der Waals surface area contributed by atoms with Gasteiger partial charge in [-0.3, -0.25) is 9.20 Å². The zero-order valence-electron chi connectivity index (χ0n) is 12.2. The molecule has 1 atom stereocenters. The summed E-state index contributed by atoms with van der Waals surface area (Å²) < 4.78 is 7.54. The number of hydrogen-bond donors (Lipinski definition) is 1. The molecule has 3 aromatic rings. The van der Waals surface area contributed by atoms with Crippen molar-refractivity contribution in [3.8, 4) is 5.75 Å². The van der Waals surface area contributed by atoms with Gasteiger partial charge in [-0.1, -0.05) is 23.7 Å². The van der Waals surface area contributed by atoms with E-state index in [0.29, 0.717) is 17.4 Å². The van der Waals surface area contributed by atoms with Gasteiger partial charge in [0, 0.05) is 29.8 Å².